The van der Waals surface area contributed by atoms with Crippen molar-refractivity contribution in [3.05, 3.63) is 210 Å². The highest BCUT2D eigenvalue weighted by molar-refractivity contribution is 7.90. The largest absolute Gasteiger partial charge is 0.374 e. The monoisotopic (exact) mass is 779 g/mol. The predicted octanol–water partition coefficient (Wildman–Crippen LogP) is 9.29. The number of aromatic nitrogens is 1. The smallest absolute Gasteiger partial charge is 0.268 e. The molecule has 8 rings (SSSR count). The van der Waals surface area contributed by atoms with Crippen LogP contribution in [0.25, 0.3) is 10.9 Å². The van der Waals surface area contributed by atoms with Gasteiger partial charge in [-0.15, -0.1) is 0 Å². The molecule has 6 aromatic carbocycles. The lowest BCUT2D eigenvalue weighted by Crippen LogP contribution is -2.58. The van der Waals surface area contributed by atoms with E-state index in [2.05, 4.69) is 0 Å². The zero-order valence-electron chi connectivity index (χ0n) is 31.5. The molecule has 7 aromatic rings. The van der Waals surface area contributed by atoms with Gasteiger partial charge in [-0.25, -0.2) is 12.4 Å². The molecule has 2 heterocycles. The van der Waals surface area contributed by atoms with Crippen molar-refractivity contribution in [3.8, 4) is 0 Å². The summed E-state index contributed by atoms with van der Waals surface area (Å²) in [5.41, 5.74) is 4.87. The molecular weight excluding hydrogens is 735 g/mol. The molecule has 0 radical (unpaired) electrons. The van der Waals surface area contributed by atoms with Gasteiger partial charge in [0.25, 0.3) is 10.0 Å². The van der Waals surface area contributed by atoms with Crippen LogP contribution in [0.2, 0.25) is 0 Å². The number of rotatable bonds is 16. The number of para-hydroxylation sites is 1. The van der Waals surface area contributed by atoms with E-state index in [0.29, 0.717) is 17.8 Å². The fourth-order valence-electron chi connectivity index (χ4n) is 7.34. The van der Waals surface area contributed by atoms with Gasteiger partial charge in [-0.05, 0) is 46.5 Å². The van der Waals surface area contributed by atoms with E-state index in [-0.39, 0.29) is 31.3 Å². The second kappa shape index (κ2) is 18.3. The Kier molecular flexibility index (Phi) is 12.3. The lowest BCUT2D eigenvalue weighted by atomic mass is 9.92. The minimum atomic E-state index is -4.12. The van der Waals surface area contributed by atoms with Crippen LogP contribution in [-0.2, 0) is 60.1 Å². The maximum absolute atomic E-state index is 14.8. The van der Waals surface area contributed by atoms with E-state index in [4.69, 9.17) is 23.7 Å². The summed E-state index contributed by atoms with van der Waals surface area (Å²) in [5, 5.41) is 0.749. The molecule has 8 nitrogen and oxygen atoms in total. The number of fused-ring (bicyclic) bond motifs is 1. The first-order valence-corrected chi connectivity index (χ1v) is 20.6. The molecule has 1 aromatic heterocycles. The van der Waals surface area contributed by atoms with Crippen molar-refractivity contribution in [1.82, 2.24) is 3.97 Å². The summed E-state index contributed by atoms with van der Waals surface area (Å²) in [6, 6.07) is 57.6. The van der Waals surface area contributed by atoms with Gasteiger partial charge in [-0.3, -0.25) is 0 Å². The van der Waals surface area contributed by atoms with Crippen molar-refractivity contribution >= 4 is 20.9 Å². The summed E-state index contributed by atoms with van der Waals surface area (Å²) in [6.45, 7) is 1.27. The molecule has 1 fully saturated rings. The summed E-state index contributed by atoms with van der Waals surface area (Å²) in [4.78, 5) is 0.161. The van der Waals surface area contributed by atoms with Crippen LogP contribution in [0.15, 0.2) is 187 Å². The highest BCUT2D eigenvalue weighted by Gasteiger charge is 2.50. The van der Waals surface area contributed by atoms with Gasteiger partial charge in [-0.2, -0.15) is 0 Å². The minimum Gasteiger partial charge on any atom is -0.374 e. The van der Waals surface area contributed by atoms with Crippen molar-refractivity contribution in [2.45, 2.75) is 61.8 Å². The Bertz CT molecular complexity index is 2410. The van der Waals surface area contributed by atoms with E-state index < -0.39 is 40.5 Å². The highest BCUT2D eigenvalue weighted by atomic mass is 32.2. The van der Waals surface area contributed by atoms with Crippen molar-refractivity contribution in [3.63, 3.8) is 0 Å². The normalized spacial score (nSPS) is 19.8. The summed E-state index contributed by atoms with van der Waals surface area (Å²) in [7, 11) is -4.12. The fourth-order valence-corrected chi connectivity index (χ4v) is 8.91. The van der Waals surface area contributed by atoms with Crippen LogP contribution >= 0.6 is 0 Å². The molecule has 0 N–H and O–H groups in total. The van der Waals surface area contributed by atoms with Crippen LogP contribution in [0.4, 0.5) is 0 Å². The van der Waals surface area contributed by atoms with Gasteiger partial charge in [0.15, 0.2) is 0 Å². The van der Waals surface area contributed by atoms with E-state index in [1.54, 1.807) is 30.3 Å². The molecule has 0 aliphatic carbocycles. The van der Waals surface area contributed by atoms with E-state index in [1.165, 1.54) is 3.97 Å². The summed E-state index contributed by atoms with van der Waals surface area (Å²) in [5.74, 6) is 0. The summed E-state index contributed by atoms with van der Waals surface area (Å²) >= 11 is 0. The molecule has 0 saturated carbocycles. The van der Waals surface area contributed by atoms with Gasteiger partial charge in [0.05, 0.1) is 49.1 Å². The van der Waals surface area contributed by atoms with Crippen LogP contribution in [0.3, 0.4) is 0 Å². The zero-order chi connectivity index (χ0) is 38.9. The number of benzene rings is 6. The Morgan fingerprint density at radius 2 is 0.930 bits per heavy atom. The van der Waals surface area contributed by atoms with Gasteiger partial charge < -0.3 is 23.7 Å². The Hall–Kier alpha value is -5.39. The molecule has 9 heteroatoms. The topological polar surface area (TPSA) is 85.2 Å². The van der Waals surface area contributed by atoms with Crippen LogP contribution < -0.4 is 0 Å². The Morgan fingerprint density at radius 3 is 1.47 bits per heavy atom. The third-order valence-electron chi connectivity index (χ3n) is 10.1. The highest BCUT2D eigenvalue weighted by Crippen LogP contribution is 2.41. The molecule has 0 spiro atoms. The molecule has 5 atom stereocenters. The molecule has 0 amide bonds. The zero-order valence-corrected chi connectivity index (χ0v) is 32.3. The van der Waals surface area contributed by atoms with E-state index in [9.17, 15) is 8.42 Å². The van der Waals surface area contributed by atoms with Crippen LogP contribution in [0.1, 0.15) is 34.1 Å². The van der Waals surface area contributed by atoms with E-state index in [1.807, 2.05) is 152 Å². The van der Waals surface area contributed by atoms with E-state index >= 15 is 0 Å². The van der Waals surface area contributed by atoms with Crippen molar-refractivity contribution < 1.29 is 32.1 Å². The molecular formula is C48H45NO7S. The first kappa shape index (κ1) is 38.5. The SMILES string of the molecule is O=S(=O)(c1ccccc1)n1c([C@H]2O[C@H](COCc3ccccc3)[C@@H](OCc3ccccc3)[C@H](OCc3ccccc3)[C@@H]2OCc2ccccc2)cc2ccccc21. The second-order valence-electron chi connectivity index (χ2n) is 14.1. The average molecular weight is 780 g/mol. The van der Waals surface area contributed by atoms with Crippen molar-refractivity contribution in [2.24, 2.45) is 0 Å². The Balaban J connectivity index is 1.25. The Morgan fingerprint density at radius 1 is 0.491 bits per heavy atom. The molecule has 290 valence electrons. The quantitative estimate of drug-likeness (QED) is 0.0967. The lowest BCUT2D eigenvalue weighted by molar-refractivity contribution is -0.275. The molecule has 1 aliphatic rings. The Labute approximate surface area is 334 Å². The summed E-state index contributed by atoms with van der Waals surface area (Å²) in [6.07, 6.45) is -3.85. The second-order valence-corrected chi connectivity index (χ2v) is 15.9. The van der Waals surface area contributed by atoms with Crippen LogP contribution in [0.5, 0.6) is 0 Å². The first-order valence-electron chi connectivity index (χ1n) is 19.2. The maximum atomic E-state index is 14.8. The fraction of sp³-hybridized carbons (Fsp3) is 0.208. The van der Waals surface area contributed by atoms with Gasteiger partial charge in [0, 0.05) is 5.39 Å². The van der Waals surface area contributed by atoms with E-state index in [0.717, 1.165) is 27.6 Å². The van der Waals surface area contributed by atoms with Gasteiger partial charge in [0.1, 0.15) is 30.5 Å². The maximum Gasteiger partial charge on any atom is 0.268 e. The predicted molar refractivity (Wildman–Crippen MR) is 220 cm³/mol. The molecule has 57 heavy (non-hydrogen) atoms. The molecule has 0 unspecified atom stereocenters. The molecule has 1 aliphatic heterocycles. The number of nitrogens with zero attached hydrogens (tertiary/aromatic N) is 1. The minimum absolute atomic E-state index is 0.146. The number of hydrogen-bond donors (Lipinski definition) is 0. The van der Waals surface area contributed by atoms with Gasteiger partial charge in [-0.1, -0.05) is 158 Å². The third-order valence-corrected chi connectivity index (χ3v) is 11.9. The third kappa shape index (κ3) is 9.10. The van der Waals surface area contributed by atoms with Crippen LogP contribution in [-0.4, -0.2) is 43.4 Å². The van der Waals surface area contributed by atoms with Crippen molar-refractivity contribution in [1.29, 1.82) is 0 Å². The number of ether oxygens (including phenoxy) is 5. The number of hydrogen-bond acceptors (Lipinski definition) is 7. The van der Waals surface area contributed by atoms with Gasteiger partial charge >= 0.3 is 0 Å². The van der Waals surface area contributed by atoms with Crippen LogP contribution in [0, 0.1) is 0 Å². The summed E-state index contributed by atoms with van der Waals surface area (Å²) < 4.78 is 65.2. The van der Waals surface area contributed by atoms with Crippen molar-refractivity contribution in [2.75, 3.05) is 6.61 Å². The average Bonchev–Trinajstić information content (AvgIpc) is 3.67. The lowest BCUT2D eigenvalue weighted by Gasteiger charge is -2.46. The molecule has 0 bridgehead atoms. The van der Waals surface area contributed by atoms with Gasteiger partial charge in [0.2, 0.25) is 0 Å². The first-order chi connectivity index (χ1) is 28.0. The standard InChI is InChI=1S/C48H45NO7S/c50-57(51,41-27-14-5-15-28-41)49-42-29-17-16-26-40(42)30-43(49)45-47(54-33-38-22-10-3-11-23-38)48(55-34-39-24-12-4-13-25-39)46(53-32-37-20-8-2-9-21-37)44(56-45)35-52-31-36-18-6-1-7-19-36/h1-30,44-48H,31-35H2/t44-,45-,46-,47-,48+/m1/s1. The molecule has 1 saturated heterocycles.